The molecule has 0 aliphatic heterocycles. The Bertz CT molecular complexity index is 860. The molecule has 0 saturated carbocycles. The van der Waals surface area contributed by atoms with Crippen molar-refractivity contribution in [1.29, 1.82) is 0 Å². The van der Waals surface area contributed by atoms with Crippen LogP contribution in [0.5, 0.6) is 5.75 Å². The van der Waals surface area contributed by atoms with Crippen molar-refractivity contribution >= 4 is 11.7 Å². The van der Waals surface area contributed by atoms with Crippen LogP contribution in [0.2, 0.25) is 0 Å². The van der Waals surface area contributed by atoms with E-state index in [1.165, 1.54) is 6.07 Å². The van der Waals surface area contributed by atoms with Gasteiger partial charge in [0.25, 0.3) is 0 Å². The molecule has 4 heteroatoms. The Morgan fingerprint density at radius 1 is 0.875 bits per heavy atom. The first-order valence-corrected chi connectivity index (χ1v) is 7.59. The first-order valence-electron chi connectivity index (χ1n) is 7.59. The molecule has 0 bridgehead atoms. The summed E-state index contributed by atoms with van der Waals surface area (Å²) in [6.45, 7) is 0.330. The van der Waals surface area contributed by atoms with Gasteiger partial charge < -0.3 is 15.5 Å². The molecule has 0 heterocycles. The maximum Gasteiger partial charge on any atom is 0.339 e. The average Bonchev–Trinajstić information content (AvgIpc) is 2.61. The van der Waals surface area contributed by atoms with Gasteiger partial charge in [-0.2, -0.15) is 0 Å². The summed E-state index contributed by atoms with van der Waals surface area (Å²) in [5.41, 5.74) is 3.50. The zero-order chi connectivity index (χ0) is 16.9. The van der Waals surface area contributed by atoms with Crippen LogP contribution in [0.15, 0.2) is 72.8 Å². The molecule has 0 atom stereocenters. The molecule has 0 radical (unpaired) electrons. The Hall–Kier alpha value is -3.27. The predicted octanol–water partition coefficient (Wildman–Crippen LogP) is 4.37. The second kappa shape index (κ2) is 6.87. The van der Waals surface area contributed by atoms with Gasteiger partial charge in [-0.05, 0) is 17.7 Å². The number of carbonyl (C=O) groups is 1. The third-order valence-electron chi connectivity index (χ3n) is 3.83. The lowest BCUT2D eigenvalue weighted by molar-refractivity contribution is 0.0693. The molecule has 0 unspecified atom stereocenters. The van der Waals surface area contributed by atoms with Crippen LogP contribution in [0.4, 0.5) is 5.69 Å². The quantitative estimate of drug-likeness (QED) is 0.653. The maximum atomic E-state index is 11.1. The average molecular weight is 319 g/mol. The number of carboxylic acid groups (broad SMARTS) is 1. The van der Waals surface area contributed by atoms with Crippen LogP contribution >= 0.6 is 0 Å². The van der Waals surface area contributed by atoms with Gasteiger partial charge in [0.15, 0.2) is 0 Å². The van der Waals surface area contributed by atoms with Gasteiger partial charge in [0.05, 0.1) is 0 Å². The molecule has 120 valence electrons. The molecule has 0 aliphatic carbocycles. The van der Waals surface area contributed by atoms with Gasteiger partial charge in [0.2, 0.25) is 0 Å². The molecule has 0 fully saturated rings. The van der Waals surface area contributed by atoms with Crippen LogP contribution in [0.1, 0.15) is 15.9 Å². The lowest BCUT2D eigenvalue weighted by atomic mass is 10.0. The van der Waals surface area contributed by atoms with Gasteiger partial charge in [0, 0.05) is 23.4 Å². The summed E-state index contributed by atoms with van der Waals surface area (Å²) in [7, 11) is 0. The van der Waals surface area contributed by atoms with Crippen molar-refractivity contribution in [2.45, 2.75) is 6.54 Å². The Kier molecular flexibility index (Phi) is 4.47. The van der Waals surface area contributed by atoms with E-state index in [4.69, 9.17) is 5.11 Å². The summed E-state index contributed by atoms with van der Waals surface area (Å²) in [5.74, 6) is -1.34. The lowest BCUT2D eigenvalue weighted by Gasteiger charge is -2.13. The second-order valence-electron chi connectivity index (χ2n) is 5.38. The molecule has 0 aromatic heterocycles. The highest BCUT2D eigenvalue weighted by Gasteiger charge is 2.13. The molecule has 0 amide bonds. The normalized spacial score (nSPS) is 10.3. The monoisotopic (exact) mass is 319 g/mol. The number of benzene rings is 3. The van der Waals surface area contributed by atoms with Crippen LogP contribution in [-0.2, 0) is 6.54 Å². The van der Waals surface area contributed by atoms with Gasteiger partial charge in [-0.1, -0.05) is 60.7 Å². The Balaban J connectivity index is 1.87. The maximum absolute atomic E-state index is 11.1. The van der Waals surface area contributed by atoms with Crippen LogP contribution in [-0.4, -0.2) is 16.2 Å². The number of aromatic carboxylic acids is 1. The number of carboxylic acids is 1. The van der Waals surface area contributed by atoms with Crippen molar-refractivity contribution in [3.05, 3.63) is 83.9 Å². The van der Waals surface area contributed by atoms with Gasteiger partial charge in [-0.25, -0.2) is 4.79 Å². The fraction of sp³-hybridized carbons (Fsp3) is 0.0500. The zero-order valence-corrected chi connectivity index (χ0v) is 12.9. The molecule has 0 saturated heterocycles. The number of hydrogen-bond acceptors (Lipinski definition) is 3. The summed E-state index contributed by atoms with van der Waals surface area (Å²) < 4.78 is 0. The van der Waals surface area contributed by atoms with E-state index < -0.39 is 5.97 Å². The first-order chi connectivity index (χ1) is 11.7. The summed E-state index contributed by atoms with van der Waals surface area (Å²) in [6.07, 6.45) is 0. The number of hydrogen-bond donors (Lipinski definition) is 3. The van der Waals surface area contributed by atoms with E-state index in [2.05, 4.69) is 5.32 Å². The van der Waals surface area contributed by atoms with Crippen molar-refractivity contribution in [2.75, 3.05) is 5.32 Å². The SMILES string of the molecule is O=C(O)c1cccc(CNc2ccccc2-c2ccccc2)c1O. The molecule has 3 aromatic rings. The summed E-state index contributed by atoms with van der Waals surface area (Å²) in [6, 6.07) is 22.6. The Morgan fingerprint density at radius 3 is 2.33 bits per heavy atom. The highest BCUT2D eigenvalue weighted by molar-refractivity contribution is 5.91. The number of rotatable bonds is 5. The van der Waals surface area contributed by atoms with E-state index in [9.17, 15) is 9.90 Å². The third-order valence-corrected chi connectivity index (χ3v) is 3.83. The number of phenols is 1. The van der Waals surface area contributed by atoms with E-state index in [0.29, 0.717) is 12.1 Å². The minimum Gasteiger partial charge on any atom is -0.507 e. The third kappa shape index (κ3) is 3.22. The summed E-state index contributed by atoms with van der Waals surface area (Å²) in [5, 5.41) is 22.5. The topological polar surface area (TPSA) is 69.6 Å². The minimum atomic E-state index is -1.14. The molecule has 0 spiro atoms. The molecule has 4 nitrogen and oxygen atoms in total. The minimum absolute atomic E-state index is 0.0920. The molecule has 3 N–H and O–H groups in total. The molecule has 24 heavy (non-hydrogen) atoms. The van der Waals surface area contributed by atoms with E-state index in [1.54, 1.807) is 12.1 Å². The van der Waals surface area contributed by atoms with Crippen molar-refractivity contribution in [3.63, 3.8) is 0 Å². The van der Waals surface area contributed by atoms with E-state index >= 15 is 0 Å². The number of para-hydroxylation sites is 2. The van der Waals surface area contributed by atoms with Gasteiger partial charge >= 0.3 is 5.97 Å². The van der Waals surface area contributed by atoms with Crippen molar-refractivity contribution in [1.82, 2.24) is 0 Å². The number of nitrogens with one attached hydrogen (secondary N) is 1. The molecule has 3 rings (SSSR count). The molecular weight excluding hydrogens is 302 g/mol. The predicted molar refractivity (Wildman–Crippen MR) is 94.3 cm³/mol. The van der Waals surface area contributed by atoms with Gasteiger partial charge in [0.1, 0.15) is 11.3 Å². The summed E-state index contributed by atoms with van der Waals surface area (Å²) in [4.78, 5) is 11.1. The van der Waals surface area contributed by atoms with E-state index in [0.717, 1.165) is 16.8 Å². The largest absolute Gasteiger partial charge is 0.507 e. The standard InChI is InChI=1S/C20H17NO3/c22-19-15(9-6-11-17(19)20(23)24)13-21-18-12-5-4-10-16(18)14-7-2-1-3-8-14/h1-12,21-22H,13H2,(H,23,24). The fourth-order valence-corrected chi connectivity index (χ4v) is 2.60. The zero-order valence-electron chi connectivity index (χ0n) is 12.9. The van der Waals surface area contributed by atoms with Crippen molar-refractivity contribution < 1.29 is 15.0 Å². The fourth-order valence-electron chi connectivity index (χ4n) is 2.60. The Morgan fingerprint density at radius 2 is 1.58 bits per heavy atom. The lowest BCUT2D eigenvalue weighted by Crippen LogP contribution is -2.04. The van der Waals surface area contributed by atoms with Gasteiger partial charge in [-0.15, -0.1) is 0 Å². The highest BCUT2D eigenvalue weighted by Crippen LogP contribution is 2.29. The highest BCUT2D eigenvalue weighted by atomic mass is 16.4. The molecule has 3 aromatic carbocycles. The molecular formula is C20H17NO3. The van der Waals surface area contributed by atoms with Crippen molar-refractivity contribution in [3.8, 4) is 16.9 Å². The van der Waals surface area contributed by atoms with Crippen molar-refractivity contribution in [2.24, 2.45) is 0 Å². The molecule has 0 aliphatic rings. The van der Waals surface area contributed by atoms with E-state index in [1.807, 2.05) is 54.6 Å². The van der Waals surface area contributed by atoms with Crippen LogP contribution in [0.25, 0.3) is 11.1 Å². The van der Waals surface area contributed by atoms with Gasteiger partial charge in [-0.3, -0.25) is 0 Å². The number of anilines is 1. The van der Waals surface area contributed by atoms with Crippen LogP contribution in [0, 0.1) is 0 Å². The second-order valence-corrected chi connectivity index (χ2v) is 5.38. The Labute approximate surface area is 140 Å². The van der Waals surface area contributed by atoms with Crippen LogP contribution < -0.4 is 5.32 Å². The number of aromatic hydroxyl groups is 1. The van der Waals surface area contributed by atoms with Crippen LogP contribution in [0.3, 0.4) is 0 Å². The first kappa shape index (κ1) is 15.6. The smallest absolute Gasteiger partial charge is 0.339 e. The summed E-state index contributed by atoms with van der Waals surface area (Å²) >= 11 is 0. The van der Waals surface area contributed by atoms with E-state index in [-0.39, 0.29) is 11.3 Å².